The van der Waals surface area contributed by atoms with Crippen molar-refractivity contribution in [2.45, 2.75) is 48.0 Å². The molecule has 10 heteroatoms. The molecule has 2 heterocycles. The summed E-state index contributed by atoms with van der Waals surface area (Å²) in [7, 11) is 3.71. The van der Waals surface area contributed by atoms with Gasteiger partial charge in [0.15, 0.2) is 0 Å². The van der Waals surface area contributed by atoms with Crippen molar-refractivity contribution in [2.75, 3.05) is 46.0 Å². The van der Waals surface area contributed by atoms with E-state index in [2.05, 4.69) is 29.2 Å². The number of hydrogen-bond donors (Lipinski definition) is 0. The van der Waals surface area contributed by atoms with E-state index in [0.29, 0.717) is 36.7 Å². The Bertz CT molecular complexity index is 1490. The molecule has 3 amide bonds. The predicted molar refractivity (Wildman–Crippen MR) is 167 cm³/mol. The molecule has 0 bridgehead atoms. The van der Waals surface area contributed by atoms with Gasteiger partial charge < -0.3 is 14.7 Å². The maximum Gasteiger partial charge on any atom is 0.416 e. The summed E-state index contributed by atoms with van der Waals surface area (Å²) in [6.07, 6.45) is -1.66. The summed E-state index contributed by atoms with van der Waals surface area (Å²) in [5.74, 6) is 0.887. The number of benzene rings is 3. The molecular weight excluding hydrogens is 585 g/mol. The topological polar surface area (TPSA) is 47.1 Å². The number of rotatable bonds is 8. The second kappa shape index (κ2) is 12.1. The van der Waals surface area contributed by atoms with Crippen LogP contribution in [0.4, 0.5) is 18.0 Å². The normalized spacial score (nSPS) is 23.0. The first-order valence-corrected chi connectivity index (χ1v) is 16.0. The summed E-state index contributed by atoms with van der Waals surface area (Å²) in [5, 5.41) is 0. The Morgan fingerprint density at radius 1 is 0.932 bits per heavy atom. The summed E-state index contributed by atoms with van der Waals surface area (Å²) >= 11 is 1.87. The number of thioether (sulfide) groups is 1. The lowest BCUT2D eigenvalue weighted by Crippen LogP contribution is -2.48. The van der Waals surface area contributed by atoms with Crippen molar-refractivity contribution in [2.24, 2.45) is 0 Å². The van der Waals surface area contributed by atoms with E-state index in [4.69, 9.17) is 0 Å². The van der Waals surface area contributed by atoms with Crippen molar-refractivity contribution in [3.63, 3.8) is 0 Å². The minimum Gasteiger partial charge on any atom is -0.337 e. The number of alkyl halides is 3. The third-order valence-electron chi connectivity index (χ3n) is 9.60. The summed E-state index contributed by atoms with van der Waals surface area (Å²) in [4.78, 5) is 36.3. The number of likely N-dealkylation sites (N-methyl/N-ethyl adjacent to an activating group) is 2. The second-order valence-corrected chi connectivity index (χ2v) is 13.2. The van der Waals surface area contributed by atoms with E-state index in [1.54, 1.807) is 36.2 Å². The molecule has 2 aliphatic heterocycles. The smallest absolute Gasteiger partial charge is 0.337 e. The van der Waals surface area contributed by atoms with Crippen molar-refractivity contribution >= 4 is 23.7 Å². The van der Waals surface area contributed by atoms with Gasteiger partial charge in [-0.1, -0.05) is 42.5 Å². The average molecular weight is 623 g/mol. The Balaban J connectivity index is 1.00. The molecule has 3 aliphatic rings. The van der Waals surface area contributed by atoms with E-state index in [1.165, 1.54) is 17.0 Å². The monoisotopic (exact) mass is 622 g/mol. The fourth-order valence-electron chi connectivity index (χ4n) is 6.76. The minimum absolute atomic E-state index is 0.0391. The molecule has 0 radical (unpaired) electrons. The highest BCUT2D eigenvalue weighted by Crippen LogP contribution is 2.53. The molecule has 0 aromatic heterocycles. The molecule has 6 nitrogen and oxygen atoms in total. The highest BCUT2D eigenvalue weighted by Gasteiger charge is 2.64. The molecule has 0 N–H and O–H groups in total. The van der Waals surface area contributed by atoms with Crippen LogP contribution in [0.25, 0.3) is 11.1 Å². The van der Waals surface area contributed by atoms with Gasteiger partial charge in [0.2, 0.25) is 0 Å². The lowest BCUT2D eigenvalue weighted by atomic mass is 10.0. The molecule has 1 saturated carbocycles. The number of amides is 3. The predicted octanol–water partition coefficient (Wildman–Crippen LogP) is 6.58. The summed E-state index contributed by atoms with van der Waals surface area (Å²) in [6.45, 7) is 3.12. The largest absolute Gasteiger partial charge is 0.416 e. The highest BCUT2D eigenvalue weighted by atomic mass is 32.2. The number of hydrogen-bond acceptors (Lipinski definition) is 4. The van der Waals surface area contributed by atoms with E-state index >= 15 is 0 Å². The van der Waals surface area contributed by atoms with Crippen molar-refractivity contribution < 1.29 is 22.8 Å². The fraction of sp³-hybridized carbons (Fsp3) is 0.412. The lowest BCUT2D eigenvalue weighted by molar-refractivity contribution is -0.137. The van der Waals surface area contributed by atoms with Crippen LogP contribution in [-0.2, 0) is 6.18 Å². The highest BCUT2D eigenvalue weighted by molar-refractivity contribution is 7.99. The van der Waals surface area contributed by atoms with Crippen LogP contribution >= 0.6 is 11.8 Å². The first-order chi connectivity index (χ1) is 21.1. The van der Waals surface area contributed by atoms with Crippen LogP contribution in [0.15, 0.2) is 83.8 Å². The van der Waals surface area contributed by atoms with Gasteiger partial charge in [-0.2, -0.15) is 13.2 Å². The van der Waals surface area contributed by atoms with Gasteiger partial charge in [-0.3, -0.25) is 9.69 Å². The maximum absolute atomic E-state index is 13.6. The standard InChI is InChI=1S/C34H37F3N4O2S/c1-38(31(42)26-10-8-24(9-11-26)25-12-14-27(15-13-25)34(35,36)37)28-16-18-41(23-28)32(43)39(2)33-17-19-40(30(33)22-33)20-21-44-29-6-4-3-5-7-29/h3-15,28,30H,16-23H2,1-2H3. The number of piperidine rings is 1. The van der Waals surface area contributed by atoms with E-state index in [1.807, 2.05) is 34.7 Å². The van der Waals surface area contributed by atoms with Crippen LogP contribution in [-0.4, -0.2) is 95.2 Å². The maximum atomic E-state index is 13.6. The zero-order valence-electron chi connectivity index (χ0n) is 25.0. The zero-order valence-corrected chi connectivity index (χ0v) is 25.8. The van der Waals surface area contributed by atoms with Gasteiger partial charge in [0.05, 0.1) is 17.1 Å². The van der Waals surface area contributed by atoms with Crippen LogP contribution in [0.1, 0.15) is 35.2 Å². The van der Waals surface area contributed by atoms with E-state index in [-0.39, 0.29) is 23.5 Å². The molecule has 3 fully saturated rings. The third kappa shape index (κ3) is 6.06. The van der Waals surface area contributed by atoms with Crippen LogP contribution in [0.5, 0.6) is 0 Å². The Kier molecular flexibility index (Phi) is 8.41. The fourth-order valence-corrected chi connectivity index (χ4v) is 7.67. The Morgan fingerprint density at radius 3 is 2.23 bits per heavy atom. The number of nitrogens with zero attached hydrogens (tertiary/aromatic N) is 4. The van der Waals surface area contributed by atoms with Crippen LogP contribution in [0, 0.1) is 0 Å². The van der Waals surface area contributed by atoms with Gasteiger partial charge in [0.1, 0.15) is 0 Å². The molecule has 3 unspecified atom stereocenters. The van der Waals surface area contributed by atoms with Gasteiger partial charge in [0.25, 0.3) is 5.91 Å². The number of carbonyl (C=O) groups is 2. The SMILES string of the molecule is CN(C(=O)c1ccc(-c2ccc(C(F)(F)F)cc2)cc1)C1CCN(C(=O)N(C)C23CCN(CCSc4ccccc4)C2C3)C1. The molecule has 3 atom stereocenters. The van der Waals surface area contributed by atoms with Gasteiger partial charge in [-0.05, 0) is 66.8 Å². The quantitative estimate of drug-likeness (QED) is 0.267. The van der Waals surface area contributed by atoms with Gasteiger partial charge in [-0.15, -0.1) is 11.8 Å². The molecule has 1 aliphatic carbocycles. The molecule has 6 rings (SSSR count). The Morgan fingerprint density at radius 2 is 1.59 bits per heavy atom. The number of urea groups is 1. The molecule has 0 spiro atoms. The van der Waals surface area contributed by atoms with Crippen molar-refractivity contribution in [1.29, 1.82) is 0 Å². The van der Waals surface area contributed by atoms with Gasteiger partial charge in [-0.25, -0.2) is 4.79 Å². The zero-order chi connectivity index (χ0) is 31.1. The van der Waals surface area contributed by atoms with Crippen LogP contribution in [0.2, 0.25) is 0 Å². The summed E-state index contributed by atoms with van der Waals surface area (Å²) in [6, 6.07) is 22.7. The van der Waals surface area contributed by atoms with Crippen LogP contribution in [0.3, 0.4) is 0 Å². The average Bonchev–Trinajstić information content (AvgIpc) is 3.37. The molecule has 3 aromatic rings. The molecule has 3 aromatic carbocycles. The minimum atomic E-state index is -4.38. The Labute approximate surface area is 260 Å². The van der Waals surface area contributed by atoms with Crippen LogP contribution < -0.4 is 0 Å². The first-order valence-electron chi connectivity index (χ1n) is 15.1. The first kappa shape index (κ1) is 30.5. The number of fused-ring (bicyclic) bond motifs is 1. The van der Waals surface area contributed by atoms with Crippen molar-refractivity contribution in [3.05, 3.63) is 90.0 Å². The lowest BCUT2D eigenvalue weighted by Gasteiger charge is -2.31. The number of carbonyl (C=O) groups excluding carboxylic acids is 2. The second-order valence-electron chi connectivity index (χ2n) is 12.1. The number of halogens is 3. The molecule has 2 saturated heterocycles. The van der Waals surface area contributed by atoms with E-state index in [0.717, 1.165) is 49.4 Å². The van der Waals surface area contributed by atoms with E-state index in [9.17, 15) is 22.8 Å². The molecule has 44 heavy (non-hydrogen) atoms. The summed E-state index contributed by atoms with van der Waals surface area (Å²) < 4.78 is 38.7. The third-order valence-corrected chi connectivity index (χ3v) is 10.6. The van der Waals surface area contributed by atoms with Gasteiger partial charge in [0, 0.05) is 62.5 Å². The van der Waals surface area contributed by atoms with Gasteiger partial charge >= 0.3 is 12.2 Å². The Hall–Kier alpha value is -3.50. The summed E-state index contributed by atoms with van der Waals surface area (Å²) in [5.41, 5.74) is 1.11. The molecule has 232 valence electrons. The number of likely N-dealkylation sites (tertiary alicyclic amines) is 2. The van der Waals surface area contributed by atoms with Crippen molar-refractivity contribution in [3.8, 4) is 11.1 Å². The molecular formula is C34H37F3N4O2S. The van der Waals surface area contributed by atoms with Crippen molar-refractivity contribution in [1.82, 2.24) is 19.6 Å². The van der Waals surface area contributed by atoms with E-state index < -0.39 is 11.7 Å².